The second kappa shape index (κ2) is 11.0. The Bertz CT molecular complexity index is 753. The molecule has 1 fully saturated rings. The lowest BCUT2D eigenvalue weighted by Gasteiger charge is -2.36. The molecule has 1 N–H and O–H groups in total. The minimum Gasteiger partial charge on any atom is -0.497 e. The fourth-order valence-corrected chi connectivity index (χ4v) is 3.36. The molecule has 2 aromatic rings. The van der Waals surface area contributed by atoms with E-state index in [1.54, 1.807) is 19.2 Å². The first-order chi connectivity index (χ1) is 14.2. The van der Waals surface area contributed by atoms with Crippen molar-refractivity contribution in [3.8, 4) is 11.5 Å². The summed E-state index contributed by atoms with van der Waals surface area (Å²) in [7, 11) is 1.61. The van der Waals surface area contributed by atoms with Gasteiger partial charge in [-0.15, -0.1) is 0 Å². The van der Waals surface area contributed by atoms with Gasteiger partial charge >= 0.3 is 0 Å². The van der Waals surface area contributed by atoms with Crippen LogP contribution in [0.15, 0.2) is 48.5 Å². The maximum Gasteiger partial charge on any atom is 0.146 e. The Balaban J connectivity index is 1.29. The van der Waals surface area contributed by atoms with E-state index in [4.69, 9.17) is 14.2 Å². The molecule has 7 heteroatoms. The lowest BCUT2D eigenvalue weighted by molar-refractivity contribution is 0.00715. The first-order valence-electron chi connectivity index (χ1n) is 9.90. The molecule has 0 aliphatic carbocycles. The van der Waals surface area contributed by atoms with E-state index >= 15 is 0 Å². The van der Waals surface area contributed by atoms with Crippen molar-refractivity contribution in [1.82, 2.24) is 4.90 Å². The van der Waals surface area contributed by atoms with Gasteiger partial charge in [0, 0.05) is 38.8 Å². The second-order valence-electron chi connectivity index (χ2n) is 7.00. The van der Waals surface area contributed by atoms with Crippen LogP contribution in [0.5, 0.6) is 11.5 Å². The number of halogens is 1. The molecule has 3 rings (SSSR count). The normalized spacial score (nSPS) is 15.9. The largest absolute Gasteiger partial charge is 0.497 e. The number of anilines is 1. The number of hydrogen-bond donors (Lipinski definition) is 1. The molecule has 2 aromatic carbocycles. The Morgan fingerprint density at radius 3 is 2.52 bits per heavy atom. The van der Waals surface area contributed by atoms with Crippen molar-refractivity contribution >= 4 is 5.69 Å². The van der Waals surface area contributed by atoms with E-state index in [-0.39, 0.29) is 12.4 Å². The summed E-state index contributed by atoms with van der Waals surface area (Å²) in [6.45, 7) is 4.65. The summed E-state index contributed by atoms with van der Waals surface area (Å²) in [6, 6.07) is 14.2. The van der Waals surface area contributed by atoms with Crippen LogP contribution in [0.4, 0.5) is 10.1 Å². The first-order valence-corrected chi connectivity index (χ1v) is 9.90. The third kappa shape index (κ3) is 6.59. The number of ether oxygens (including phenoxy) is 3. The summed E-state index contributed by atoms with van der Waals surface area (Å²) in [5, 5.41) is 10.2. The zero-order valence-corrected chi connectivity index (χ0v) is 16.8. The summed E-state index contributed by atoms with van der Waals surface area (Å²) in [6.07, 6.45) is -0.563. The highest BCUT2D eigenvalue weighted by Gasteiger charge is 2.21. The third-order valence-electron chi connectivity index (χ3n) is 4.88. The van der Waals surface area contributed by atoms with Gasteiger partial charge in [-0.05, 0) is 24.3 Å². The van der Waals surface area contributed by atoms with Gasteiger partial charge in [0.2, 0.25) is 0 Å². The van der Waals surface area contributed by atoms with Crippen LogP contribution in [0.3, 0.4) is 0 Å². The Labute approximate surface area is 171 Å². The van der Waals surface area contributed by atoms with E-state index in [1.165, 1.54) is 6.07 Å². The van der Waals surface area contributed by atoms with Crippen LogP contribution < -0.4 is 14.4 Å². The lowest BCUT2D eigenvalue weighted by Crippen LogP contribution is -2.49. The zero-order valence-electron chi connectivity index (χ0n) is 16.8. The lowest BCUT2D eigenvalue weighted by atomic mass is 10.2. The molecular weight excluding hydrogens is 375 g/mol. The Morgan fingerprint density at radius 1 is 1.00 bits per heavy atom. The molecule has 1 aliphatic heterocycles. The maximum absolute atomic E-state index is 13.9. The van der Waals surface area contributed by atoms with Crippen LogP contribution in [0.25, 0.3) is 0 Å². The predicted molar refractivity (Wildman–Crippen MR) is 110 cm³/mol. The Kier molecular flexibility index (Phi) is 8.10. The molecular formula is C22H29FN2O4. The number of benzene rings is 2. The number of aliphatic hydroxyl groups is 1. The van der Waals surface area contributed by atoms with Crippen molar-refractivity contribution < 1.29 is 23.7 Å². The smallest absolute Gasteiger partial charge is 0.146 e. The van der Waals surface area contributed by atoms with Gasteiger partial charge in [0.15, 0.2) is 0 Å². The molecule has 1 saturated heterocycles. The Morgan fingerprint density at radius 2 is 1.76 bits per heavy atom. The van der Waals surface area contributed by atoms with Crippen LogP contribution in [0, 0.1) is 5.82 Å². The number of methoxy groups -OCH3 is 1. The second-order valence-corrected chi connectivity index (χ2v) is 7.00. The molecule has 0 aromatic heterocycles. The van der Waals surface area contributed by atoms with Gasteiger partial charge in [-0.25, -0.2) is 4.39 Å². The quantitative estimate of drug-likeness (QED) is 0.614. The standard InChI is InChI=1S/C22H29FN2O4/c1-27-19-5-4-6-20(15-19)29-14-13-28-17-18(26)16-24-9-11-25(12-10-24)22-8-3-2-7-21(22)23/h2-8,15,18,26H,9-14,16-17H2,1H3/t18-/m0/s1. The summed E-state index contributed by atoms with van der Waals surface area (Å²) < 4.78 is 30.2. The molecule has 0 bridgehead atoms. The third-order valence-corrected chi connectivity index (χ3v) is 4.88. The molecule has 1 heterocycles. The molecule has 158 valence electrons. The number of β-amino-alcohol motifs (C(OH)–C–C–N with tert-alkyl or cyclic N) is 1. The SMILES string of the molecule is COc1cccc(OCCOC[C@@H](O)CN2CCN(c3ccccc3F)CC2)c1. The Hall–Kier alpha value is -2.35. The number of hydrogen-bond acceptors (Lipinski definition) is 6. The van der Waals surface area contributed by atoms with Crippen molar-refractivity contribution in [3.05, 3.63) is 54.3 Å². The van der Waals surface area contributed by atoms with Crippen LogP contribution in [-0.2, 0) is 4.74 Å². The van der Waals surface area contributed by atoms with Crippen molar-refractivity contribution in [3.63, 3.8) is 0 Å². The number of nitrogens with zero attached hydrogens (tertiary/aromatic N) is 2. The van der Waals surface area contributed by atoms with Gasteiger partial charge in [-0.1, -0.05) is 18.2 Å². The molecule has 0 spiro atoms. The van der Waals surface area contributed by atoms with E-state index in [0.717, 1.165) is 37.7 Å². The van der Waals surface area contributed by atoms with Gasteiger partial charge in [-0.2, -0.15) is 0 Å². The highest BCUT2D eigenvalue weighted by Crippen LogP contribution is 2.20. The maximum atomic E-state index is 13.9. The van der Waals surface area contributed by atoms with Gasteiger partial charge in [0.05, 0.1) is 32.1 Å². The monoisotopic (exact) mass is 404 g/mol. The summed E-state index contributed by atoms with van der Waals surface area (Å²) in [5.74, 6) is 1.28. The summed E-state index contributed by atoms with van der Waals surface area (Å²) >= 11 is 0. The highest BCUT2D eigenvalue weighted by molar-refractivity contribution is 5.48. The molecule has 1 aliphatic rings. The highest BCUT2D eigenvalue weighted by atomic mass is 19.1. The predicted octanol–water partition coefficient (Wildman–Crippen LogP) is 2.41. The average molecular weight is 404 g/mol. The van der Waals surface area contributed by atoms with Crippen LogP contribution in [0.1, 0.15) is 0 Å². The zero-order chi connectivity index (χ0) is 20.5. The number of rotatable bonds is 10. The summed E-state index contributed by atoms with van der Waals surface area (Å²) in [5.41, 5.74) is 0.645. The number of para-hydroxylation sites is 1. The molecule has 0 saturated carbocycles. The number of piperazine rings is 1. The molecule has 29 heavy (non-hydrogen) atoms. The minimum atomic E-state index is -0.563. The fourth-order valence-electron chi connectivity index (χ4n) is 3.36. The molecule has 0 amide bonds. The van der Waals surface area contributed by atoms with Crippen molar-refractivity contribution in [1.29, 1.82) is 0 Å². The van der Waals surface area contributed by atoms with Crippen LogP contribution in [-0.4, -0.2) is 75.8 Å². The van der Waals surface area contributed by atoms with Crippen molar-refractivity contribution in [2.45, 2.75) is 6.10 Å². The van der Waals surface area contributed by atoms with Gasteiger partial charge < -0.3 is 24.2 Å². The topological polar surface area (TPSA) is 54.4 Å². The van der Waals surface area contributed by atoms with E-state index in [1.807, 2.05) is 35.2 Å². The molecule has 1 atom stereocenters. The first kappa shape index (κ1) is 21.4. The van der Waals surface area contributed by atoms with E-state index < -0.39 is 6.10 Å². The number of aliphatic hydroxyl groups excluding tert-OH is 1. The van der Waals surface area contributed by atoms with E-state index in [0.29, 0.717) is 25.4 Å². The minimum absolute atomic E-state index is 0.189. The van der Waals surface area contributed by atoms with E-state index in [2.05, 4.69) is 4.90 Å². The van der Waals surface area contributed by atoms with Gasteiger partial charge in [0.25, 0.3) is 0 Å². The molecule has 6 nitrogen and oxygen atoms in total. The van der Waals surface area contributed by atoms with Gasteiger partial charge in [-0.3, -0.25) is 4.90 Å². The van der Waals surface area contributed by atoms with Crippen molar-refractivity contribution in [2.75, 3.05) is 64.6 Å². The van der Waals surface area contributed by atoms with Gasteiger partial charge in [0.1, 0.15) is 23.9 Å². The summed E-state index contributed by atoms with van der Waals surface area (Å²) in [4.78, 5) is 4.22. The van der Waals surface area contributed by atoms with Crippen molar-refractivity contribution in [2.24, 2.45) is 0 Å². The average Bonchev–Trinajstić information content (AvgIpc) is 2.75. The van der Waals surface area contributed by atoms with E-state index in [9.17, 15) is 9.50 Å². The fraction of sp³-hybridized carbons (Fsp3) is 0.455. The van der Waals surface area contributed by atoms with Crippen LogP contribution >= 0.6 is 0 Å². The van der Waals surface area contributed by atoms with Crippen LogP contribution in [0.2, 0.25) is 0 Å². The molecule has 0 unspecified atom stereocenters. The molecule has 0 radical (unpaired) electrons.